The highest BCUT2D eigenvalue weighted by Crippen LogP contribution is 2.34. The van der Waals surface area contributed by atoms with Crippen LogP contribution in [-0.2, 0) is 9.59 Å². The number of rotatable bonds is 9. The van der Waals surface area contributed by atoms with Crippen LogP contribution >= 0.6 is 34.8 Å². The van der Waals surface area contributed by atoms with E-state index >= 15 is 0 Å². The largest absolute Gasteiger partial charge is 0.491 e. The zero-order valence-corrected chi connectivity index (χ0v) is 32.7. The molecule has 0 aliphatic carbocycles. The molecule has 286 valence electrons. The van der Waals surface area contributed by atoms with Crippen molar-refractivity contribution >= 4 is 69.4 Å². The monoisotopic (exact) mass is 810 g/mol. The Morgan fingerprint density at radius 2 is 1.16 bits per heavy atom. The van der Waals surface area contributed by atoms with E-state index in [9.17, 15) is 20.1 Å². The third kappa shape index (κ3) is 9.66. The first-order valence-electron chi connectivity index (χ1n) is 17.8. The first-order valence-corrected chi connectivity index (χ1v) is 19.1. The SMILES string of the molecule is CN1CCN(CCOc2cc3c(cc2C#N)C(c2ccccc2Cl)=NCC(=O)N3)CC1.N#Cc1cc2c(cc1OCCCl)NC(=O)CN=C2c1ccccc1Cl. The number of nitrogens with zero attached hydrogens (tertiary/aromatic N) is 6. The average Bonchev–Trinajstić information content (AvgIpc) is 3.46. The second-order valence-electron chi connectivity index (χ2n) is 12.9. The topological polar surface area (TPSA) is 155 Å². The Balaban J connectivity index is 0.000000194. The molecule has 3 heterocycles. The summed E-state index contributed by atoms with van der Waals surface area (Å²) in [4.78, 5) is 37.8. The van der Waals surface area contributed by atoms with Gasteiger partial charge in [0, 0.05) is 77.2 Å². The molecule has 1 fully saturated rings. The molecule has 0 spiro atoms. The smallest absolute Gasteiger partial charge is 0.246 e. The lowest BCUT2D eigenvalue weighted by molar-refractivity contribution is -0.115. The van der Waals surface area contributed by atoms with Crippen molar-refractivity contribution in [1.29, 1.82) is 10.5 Å². The second-order valence-corrected chi connectivity index (χ2v) is 14.1. The van der Waals surface area contributed by atoms with E-state index in [1.807, 2.05) is 36.4 Å². The van der Waals surface area contributed by atoms with Crippen LogP contribution in [0.4, 0.5) is 11.4 Å². The average molecular weight is 812 g/mol. The highest BCUT2D eigenvalue weighted by atomic mass is 35.5. The van der Waals surface area contributed by atoms with Crippen molar-refractivity contribution in [3.05, 3.63) is 116 Å². The van der Waals surface area contributed by atoms with E-state index in [-0.39, 0.29) is 31.5 Å². The number of fused-ring (bicyclic) bond motifs is 2. The van der Waals surface area contributed by atoms with Gasteiger partial charge < -0.3 is 25.0 Å². The van der Waals surface area contributed by atoms with E-state index in [2.05, 4.69) is 49.6 Å². The molecule has 0 aromatic heterocycles. The van der Waals surface area contributed by atoms with E-state index in [0.29, 0.717) is 84.6 Å². The number of anilines is 2. The summed E-state index contributed by atoms with van der Waals surface area (Å²) < 4.78 is 11.5. The Morgan fingerprint density at radius 3 is 1.61 bits per heavy atom. The predicted molar refractivity (Wildman–Crippen MR) is 219 cm³/mol. The Bertz CT molecular complexity index is 2280. The quantitative estimate of drug-likeness (QED) is 0.188. The molecular formula is C41H37Cl3N8O4. The molecule has 0 atom stereocenters. The van der Waals surface area contributed by atoms with Crippen LogP contribution in [0.3, 0.4) is 0 Å². The second kappa shape index (κ2) is 18.9. The number of hydrogen-bond donors (Lipinski definition) is 2. The van der Waals surface area contributed by atoms with Gasteiger partial charge in [-0.2, -0.15) is 10.5 Å². The number of nitriles is 2. The van der Waals surface area contributed by atoms with Gasteiger partial charge in [-0.25, -0.2) is 0 Å². The molecule has 4 aromatic carbocycles. The van der Waals surface area contributed by atoms with Crippen molar-refractivity contribution < 1.29 is 19.1 Å². The lowest BCUT2D eigenvalue weighted by Crippen LogP contribution is -2.45. The van der Waals surface area contributed by atoms with Gasteiger partial charge in [-0.05, 0) is 31.3 Å². The summed E-state index contributed by atoms with van der Waals surface area (Å²) in [6.07, 6.45) is 0. The summed E-state index contributed by atoms with van der Waals surface area (Å²) in [5.74, 6) is 0.632. The summed E-state index contributed by atoms with van der Waals surface area (Å²) in [6, 6.07) is 25.6. The number of nitrogens with one attached hydrogen (secondary N) is 2. The molecule has 4 aromatic rings. The number of benzene rings is 4. The summed E-state index contributed by atoms with van der Waals surface area (Å²) in [5.41, 5.74) is 5.64. The molecule has 7 rings (SSSR count). The van der Waals surface area contributed by atoms with Crippen LogP contribution in [-0.4, -0.2) is 105 Å². The van der Waals surface area contributed by atoms with Gasteiger partial charge in [-0.15, -0.1) is 11.6 Å². The van der Waals surface area contributed by atoms with Gasteiger partial charge in [0.15, 0.2) is 0 Å². The lowest BCUT2D eigenvalue weighted by Gasteiger charge is -2.32. The van der Waals surface area contributed by atoms with Gasteiger partial charge in [0.25, 0.3) is 0 Å². The molecular weight excluding hydrogens is 775 g/mol. The molecule has 1 saturated heterocycles. The van der Waals surface area contributed by atoms with E-state index in [0.717, 1.165) is 38.3 Å². The molecule has 2 amide bonds. The summed E-state index contributed by atoms with van der Waals surface area (Å²) in [7, 11) is 2.12. The van der Waals surface area contributed by atoms with Crippen LogP contribution in [0.25, 0.3) is 0 Å². The summed E-state index contributed by atoms with van der Waals surface area (Å²) in [5, 5.41) is 25.9. The van der Waals surface area contributed by atoms with E-state index in [1.165, 1.54) is 0 Å². The molecule has 0 radical (unpaired) electrons. The zero-order chi connectivity index (χ0) is 39.6. The maximum Gasteiger partial charge on any atom is 0.246 e. The number of halogens is 3. The van der Waals surface area contributed by atoms with Crippen molar-refractivity contribution in [1.82, 2.24) is 9.80 Å². The minimum atomic E-state index is -0.253. The van der Waals surface area contributed by atoms with Gasteiger partial charge in [0.05, 0.1) is 39.8 Å². The van der Waals surface area contributed by atoms with Crippen LogP contribution in [0.2, 0.25) is 10.0 Å². The molecule has 0 saturated carbocycles. The fourth-order valence-corrected chi connectivity index (χ4v) is 6.82. The first kappa shape index (κ1) is 40.2. The van der Waals surface area contributed by atoms with Crippen LogP contribution in [0, 0.1) is 22.7 Å². The lowest BCUT2D eigenvalue weighted by atomic mass is 9.98. The molecule has 12 nitrogen and oxygen atoms in total. The van der Waals surface area contributed by atoms with E-state index in [4.69, 9.17) is 44.3 Å². The molecule has 56 heavy (non-hydrogen) atoms. The van der Waals surface area contributed by atoms with Gasteiger partial charge in [-0.3, -0.25) is 24.5 Å². The summed E-state index contributed by atoms with van der Waals surface area (Å²) >= 11 is 18.3. The molecule has 2 N–H and O–H groups in total. The number of alkyl halides is 1. The standard InChI is InChI=1S/C23H24ClN5O2.C18H13Cl2N3O2/c1-28-6-8-29(9-7-28)10-11-31-21-13-20-18(12-16(21)14-25)23(26-15-22(30)27-20)17-4-2-3-5-19(17)24;19-5-6-25-16-8-15-13(7-11(16)9-21)18(22-10-17(24)23-15)12-3-1-2-4-14(12)20/h2-5,12-13H,6-11,15H2,1H3,(H,27,30);1-4,7-8H,5-6,10H2,(H,23,24). The van der Waals surface area contributed by atoms with E-state index < -0.39 is 0 Å². The third-order valence-corrected chi connectivity index (χ3v) is 9.97. The van der Waals surface area contributed by atoms with Crippen LogP contribution < -0.4 is 20.1 Å². The summed E-state index contributed by atoms with van der Waals surface area (Å²) in [6.45, 7) is 5.55. The zero-order valence-electron chi connectivity index (χ0n) is 30.4. The van der Waals surface area contributed by atoms with Crippen LogP contribution in [0.15, 0.2) is 82.8 Å². The van der Waals surface area contributed by atoms with E-state index in [1.54, 1.807) is 36.4 Å². The molecule has 0 unspecified atom stereocenters. The first-order chi connectivity index (χ1) is 27.2. The number of hydrogen-bond acceptors (Lipinski definition) is 10. The molecule has 3 aliphatic heterocycles. The Morgan fingerprint density at radius 1 is 0.696 bits per heavy atom. The van der Waals surface area contributed by atoms with Gasteiger partial charge >= 0.3 is 0 Å². The van der Waals surface area contributed by atoms with Crippen molar-refractivity contribution in [2.24, 2.45) is 9.98 Å². The van der Waals surface area contributed by atoms with Crippen molar-refractivity contribution in [2.75, 3.05) is 82.6 Å². The number of benzodiazepines with no additional fused rings is 2. The fourth-order valence-electron chi connectivity index (χ4n) is 6.30. The Hall–Kier alpha value is -5.47. The van der Waals surface area contributed by atoms with Gasteiger partial charge in [-0.1, -0.05) is 59.6 Å². The highest BCUT2D eigenvalue weighted by molar-refractivity contribution is 6.37. The number of ether oxygens (including phenoxy) is 2. The maximum atomic E-state index is 12.3. The van der Waals surface area contributed by atoms with Gasteiger partial charge in [0.1, 0.15) is 49.9 Å². The van der Waals surface area contributed by atoms with Gasteiger partial charge in [0.2, 0.25) is 11.8 Å². The van der Waals surface area contributed by atoms with Crippen molar-refractivity contribution in [3.8, 4) is 23.6 Å². The molecule has 0 bridgehead atoms. The Labute approximate surface area is 339 Å². The van der Waals surface area contributed by atoms with Crippen LogP contribution in [0.1, 0.15) is 33.4 Å². The fraction of sp³-hybridized carbons (Fsp3) is 0.268. The normalized spacial score (nSPS) is 15.4. The van der Waals surface area contributed by atoms with Crippen molar-refractivity contribution in [3.63, 3.8) is 0 Å². The molecule has 3 aliphatic rings. The minimum Gasteiger partial charge on any atom is -0.491 e. The Kier molecular flexibility index (Phi) is 13.6. The maximum absolute atomic E-state index is 12.3. The minimum absolute atomic E-state index is 0.0171. The third-order valence-electron chi connectivity index (χ3n) is 9.15. The number of piperazine rings is 1. The van der Waals surface area contributed by atoms with Crippen LogP contribution in [0.5, 0.6) is 11.5 Å². The number of likely N-dealkylation sites (N-methyl/N-ethyl adjacent to an activating group) is 1. The number of carbonyl (C=O) groups is 2. The van der Waals surface area contributed by atoms with Crippen molar-refractivity contribution in [2.45, 2.75) is 0 Å². The number of amides is 2. The predicted octanol–water partition coefficient (Wildman–Crippen LogP) is 6.25. The highest BCUT2D eigenvalue weighted by Gasteiger charge is 2.24. The number of carbonyl (C=O) groups excluding carboxylic acids is 2. The molecule has 15 heteroatoms. The number of aliphatic imine (C=N–C) groups is 2.